The molecule has 1 aromatic carbocycles. The number of rotatable bonds is 8. The van der Waals surface area contributed by atoms with Crippen LogP contribution in [0.15, 0.2) is 35.3 Å². The molecule has 1 aromatic rings. The molecule has 0 aromatic heterocycles. The maximum Gasteiger partial charge on any atom is 0.243 e. The number of hydrogen-bond acceptors (Lipinski definition) is 3. The van der Waals surface area contributed by atoms with Gasteiger partial charge in [-0.15, -0.1) is 24.0 Å². The van der Waals surface area contributed by atoms with Crippen LogP contribution in [0.5, 0.6) is 0 Å². The monoisotopic (exact) mass is 489 g/mol. The zero-order valence-electron chi connectivity index (χ0n) is 16.8. The Morgan fingerprint density at radius 2 is 1.74 bits per heavy atom. The highest BCUT2D eigenvalue weighted by molar-refractivity contribution is 14.0. The lowest BCUT2D eigenvalue weighted by atomic mass is 9.92. The average molecular weight is 489 g/mol. The summed E-state index contributed by atoms with van der Waals surface area (Å²) in [4.78, 5) is 29.6. The normalized spacial score (nSPS) is 11.2. The molecule has 7 nitrogen and oxygen atoms in total. The van der Waals surface area contributed by atoms with E-state index in [-0.39, 0.29) is 42.3 Å². The third-order valence-corrected chi connectivity index (χ3v) is 3.96. The van der Waals surface area contributed by atoms with Gasteiger partial charge < -0.3 is 20.9 Å². The second kappa shape index (κ2) is 12.5. The van der Waals surface area contributed by atoms with Crippen molar-refractivity contribution in [2.45, 2.75) is 20.3 Å². The van der Waals surface area contributed by atoms with Crippen LogP contribution < -0.4 is 16.0 Å². The van der Waals surface area contributed by atoms with Gasteiger partial charge in [0, 0.05) is 34.2 Å². The smallest absolute Gasteiger partial charge is 0.243 e. The Balaban J connectivity index is 0.00000676. The molecule has 0 aliphatic rings. The van der Waals surface area contributed by atoms with Crippen molar-refractivity contribution in [1.82, 2.24) is 20.9 Å². The first-order valence-electron chi connectivity index (χ1n) is 8.74. The summed E-state index contributed by atoms with van der Waals surface area (Å²) in [5, 5.41) is 9.05. The van der Waals surface area contributed by atoms with Crippen LogP contribution in [-0.4, -0.2) is 63.5 Å². The molecule has 3 N–H and O–H groups in total. The molecule has 0 aliphatic heterocycles. The number of aliphatic imine (C=N–C) groups is 1. The van der Waals surface area contributed by atoms with Gasteiger partial charge in [0.15, 0.2) is 5.96 Å². The molecule has 2 amide bonds. The molecule has 0 heterocycles. The lowest BCUT2D eigenvalue weighted by molar-refractivity contribution is -0.128. The van der Waals surface area contributed by atoms with E-state index in [0.717, 1.165) is 6.42 Å². The second-order valence-electron chi connectivity index (χ2n) is 6.93. The quantitative estimate of drug-likeness (QED) is 0.292. The summed E-state index contributed by atoms with van der Waals surface area (Å²) in [5.41, 5.74) is 0.622. The molecule has 0 spiro atoms. The van der Waals surface area contributed by atoms with Gasteiger partial charge in [-0.25, -0.2) is 4.99 Å². The van der Waals surface area contributed by atoms with E-state index < -0.39 is 5.41 Å². The predicted molar refractivity (Wildman–Crippen MR) is 120 cm³/mol. The molecule has 0 fully saturated rings. The summed E-state index contributed by atoms with van der Waals surface area (Å²) >= 11 is 0. The fourth-order valence-electron chi connectivity index (χ4n) is 2.16. The number of guanidine groups is 1. The van der Waals surface area contributed by atoms with Crippen LogP contribution in [0, 0.1) is 5.41 Å². The molecule has 0 atom stereocenters. The Kier molecular flexibility index (Phi) is 11.7. The van der Waals surface area contributed by atoms with Crippen molar-refractivity contribution in [3.05, 3.63) is 35.9 Å². The standard InChI is InChI=1S/C19H31N5O2.HI/c1-19(2,17(26)20-3)14-23-18(22-13-16(25)24(4)5)21-12-11-15-9-7-6-8-10-15;/h6-10H,11-14H2,1-5H3,(H,20,26)(H2,21,22,23);1H. The van der Waals surface area contributed by atoms with Crippen LogP contribution in [0.3, 0.4) is 0 Å². The van der Waals surface area contributed by atoms with Gasteiger partial charge >= 0.3 is 0 Å². The number of amides is 2. The molecular formula is C19H32IN5O2. The minimum atomic E-state index is -0.595. The predicted octanol–water partition coefficient (Wildman–Crippen LogP) is 1.24. The van der Waals surface area contributed by atoms with Crippen molar-refractivity contribution in [2.24, 2.45) is 10.4 Å². The van der Waals surface area contributed by atoms with E-state index in [0.29, 0.717) is 19.0 Å². The van der Waals surface area contributed by atoms with Crippen LogP contribution in [0.2, 0.25) is 0 Å². The lowest BCUT2D eigenvalue weighted by Gasteiger charge is -2.24. The lowest BCUT2D eigenvalue weighted by Crippen LogP contribution is -2.47. The number of benzene rings is 1. The van der Waals surface area contributed by atoms with Crippen molar-refractivity contribution in [3.8, 4) is 0 Å². The number of carbonyl (C=O) groups excluding carboxylic acids is 2. The molecule has 0 saturated heterocycles. The van der Waals surface area contributed by atoms with Gasteiger partial charge in [0.05, 0.1) is 5.41 Å². The van der Waals surface area contributed by atoms with E-state index in [2.05, 4.69) is 33.1 Å². The van der Waals surface area contributed by atoms with E-state index in [4.69, 9.17) is 0 Å². The second-order valence-corrected chi connectivity index (χ2v) is 6.93. The average Bonchev–Trinajstić information content (AvgIpc) is 2.63. The zero-order chi connectivity index (χ0) is 19.6. The molecule has 0 unspecified atom stereocenters. The summed E-state index contributed by atoms with van der Waals surface area (Å²) < 4.78 is 0. The van der Waals surface area contributed by atoms with E-state index in [9.17, 15) is 9.59 Å². The summed E-state index contributed by atoms with van der Waals surface area (Å²) in [6.45, 7) is 4.83. The number of halogens is 1. The zero-order valence-corrected chi connectivity index (χ0v) is 19.2. The number of carbonyl (C=O) groups is 2. The highest BCUT2D eigenvalue weighted by Gasteiger charge is 2.26. The number of likely N-dealkylation sites (N-methyl/N-ethyl adjacent to an activating group) is 1. The van der Waals surface area contributed by atoms with Crippen molar-refractivity contribution in [2.75, 3.05) is 40.8 Å². The molecule has 0 aliphatic carbocycles. The van der Waals surface area contributed by atoms with Gasteiger partial charge in [-0.1, -0.05) is 30.3 Å². The van der Waals surface area contributed by atoms with Crippen molar-refractivity contribution >= 4 is 41.8 Å². The largest absolute Gasteiger partial charge is 0.359 e. The van der Waals surface area contributed by atoms with Crippen LogP contribution >= 0.6 is 24.0 Å². The van der Waals surface area contributed by atoms with Gasteiger partial charge in [0.1, 0.15) is 6.54 Å². The number of nitrogens with zero attached hydrogens (tertiary/aromatic N) is 2. The Morgan fingerprint density at radius 3 is 2.30 bits per heavy atom. The first kappa shape index (κ1) is 25.2. The van der Waals surface area contributed by atoms with Crippen molar-refractivity contribution in [1.29, 1.82) is 0 Å². The Hall–Kier alpha value is -1.84. The highest BCUT2D eigenvalue weighted by Crippen LogP contribution is 2.12. The minimum absolute atomic E-state index is 0. The van der Waals surface area contributed by atoms with Gasteiger partial charge in [-0.05, 0) is 25.8 Å². The molecule has 27 heavy (non-hydrogen) atoms. The van der Waals surface area contributed by atoms with E-state index >= 15 is 0 Å². The molecule has 152 valence electrons. The molecule has 0 radical (unpaired) electrons. The fraction of sp³-hybridized carbons (Fsp3) is 0.526. The molecule has 0 bridgehead atoms. The third kappa shape index (κ3) is 9.60. The third-order valence-electron chi connectivity index (χ3n) is 3.96. The number of nitrogens with one attached hydrogen (secondary N) is 3. The molecule has 8 heteroatoms. The summed E-state index contributed by atoms with van der Waals surface area (Å²) in [7, 11) is 5.01. The topological polar surface area (TPSA) is 85.8 Å². The van der Waals surface area contributed by atoms with Crippen LogP contribution in [-0.2, 0) is 16.0 Å². The maximum absolute atomic E-state index is 11.9. The number of hydrogen-bond donors (Lipinski definition) is 3. The van der Waals surface area contributed by atoms with Gasteiger partial charge in [0.25, 0.3) is 0 Å². The summed E-state index contributed by atoms with van der Waals surface area (Å²) in [6.07, 6.45) is 0.835. The maximum atomic E-state index is 11.9. The van der Waals surface area contributed by atoms with Crippen molar-refractivity contribution < 1.29 is 9.59 Å². The molecular weight excluding hydrogens is 457 g/mol. The molecule has 0 saturated carbocycles. The van der Waals surface area contributed by atoms with Gasteiger partial charge in [-0.2, -0.15) is 0 Å². The minimum Gasteiger partial charge on any atom is -0.359 e. The fourth-order valence-corrected chi connectivity index (χ4v) is 2.16. The first-order valence-corrected chi connectivity index (χ1v) is 8.74. The van der Waals surface area contributed by atoms with Crippen molar-refractivity contribution in [3.63, 3.8) is 0 Å². The summed E-state index contributed by atoms with van der Waals surface area (Å²) in [6, 6.07) is 10.1. The van der Waals surface area contributed by atoms with E-state index in [1.807, 2.05) is 32.0 Å². The van der Waals surface area contributed by atoms with E-state index in [1.165, 1.54) is 10.5 Å². The van der Waals surface area contributed by atoms with Gasteiger partial charge in [-0.3, -0.25) is 9.59 Å². The highest BCUT2D eigenvalue weighted by atomic mass is 127. The van der Waals surface area contributed by atoms with Crippen LogP contribution in [0.25, 0.3) is 0 Å². The van der Waals surface area contributed by atoms with Crippen LogP contribution in [0.1, 0.15) is 19.4 Å². The Bertz CT molecular complexity index is 618. The Labute approximate surface area is 179 Å². The van der Waals surface area contributed by atoms with E-state index in [1.54, 1.807) is 21.1 Å². The van der Waals surface area contributed by atoms with Gasteiger partial charge in [0.2, 0.25) is 11.8 Å². The van der Waals surface area contributed by atoms with Crippen LogP contribution in [0.4, 0.5) is 0 Å². The Morgan fingerprint density at radius 1 is 1.11 bits per heavy atom. The summed E-state index contributed by atoms with van der Waals surface area (Å²) in [5.74, 6) is 0.380. The first-order chi connectivity index (χ1) is 12.3. The molecule has 1 rings (SSSR count). The SMILES string of the molecule is CNC(=O)C(C)(C)CNC(=NCC(=O)N(C)C)NCCc1ccccc1.I.